The van der Waals surface area contributed by atoms with E-state index in [1.807, 2.05) is 12.1 Å². The molecule has 1 aromatic carbocycles. The number of anilines is 1. The molecule has 7 nitrogen and oxygen atoms in total. The molecule has 0 amide bonds. The molecule has 0 bridgehead atoms. The third kappa shape index (κ3) is 3.50. The highest BCUT2D eigenvalue weighted by Gasteiger charge is 2.44. The van der Waals surface area contributed by atoms with Crippen LogP contribution in [0.15, 0.2) is 29.1 Å². The van der Waals surface area contributed by atoms with Gasteiger partial charge in [0.05, 0.1) is 26.0 Å². The molecule has 2 aromatic rings. The third-order valence-corrected chi connectivity index (χ3v) is 7.07. The van der Waals surface area contributed by atoms with Crippen molar-refractivity contribution < 1.29 is 9.47 Å². The van der Waals surface area contributed by atoms with Gasteiger partial charge in [0, 0.05) is 36.2 Å². The summed E-state index contributed by atoms with van der Waals surface area (Å²) in [6.07, 6.45) is 3.98. The first kappa shape index (κ1) is 19.6. The van der Waals surface area contributed by atoms with E-state index in [1.165, 1.54) is 5.56 Å². The van der Waals surface area contributed by atoms with Gasteiger partial charge in [-0.3, -0.25) is 14.7 Å². The van der Waals surface area contributed by atoms with E-state index in [2.05, 4.69) is 26.9 Å². The number of nitrogens with one attached hydrogen (secondary N) is 1. The van der Waals surface area contributed by atoms with Crippen LogP contribution in [0.4, 0.5) is 5.95 Å². The Morgan fingerprint density at radius 3 is 2.67 bits per heavy atom. The summed E-state index contributed by atoms with van der Waals surface area (Å²) in [4.78, 5) is 25.5. The van der Waals surface area contributed by atoms with Crippen LogP contribution in [0.1, 0.15) is 36.1 Å². The van der Waals surface area contributed by atoms with Gasteiger partial charge in [-0.15, -0.1) is 0 Å². The molecule has 0 atom stereocenters. The van der Waals surface area contributed by atoms with Crippen LogP contribution in [-0.4, -0.2) is 61.4 Å². The Balaban J connectivity index is 1.34. The van der Waals surface area contributed by atoms with Crippen molar-refractivity contribution in [1.82, 2.24) is 14.9 Å². The molecule has 1 spiro atoms. The lowest BCUT2D eigenvalue weighted by Crippen LogP contribution is -2.43. The SMILES string of the molecule is COc1ccccc1CN1CCC2(CCc3c2nc(N2CCOCC2)[nH]c3=O)CC1. The van der Waals surface area contributed by atoms with Gasteiger partial charge in [0.15, 0.2) is 0 Å². The average Bonchev–Trinajstić information content (AvgIpc) is 3.15. The van der Waals surface area contributed by atoms with Gasteiger partial charge >= 0.3 is 0 Å². The molecule has 0 unspecified atom stereocenters. The van der Waals surface area contributed by atoms with Gasteiger partial charge in [-0.2, -0.15) is 0 Å². The largest absolute Gasteiger partial charge is 0.496 e. The molecule has 3 aliphatic rings. The maximum Gasteiger partial charge on any atom is 0.255 e. The highest BCUT2D eigenvalue weighted by atomic mass is 16.5. The van der Waals surface area contributed by atoms with Gasteiger partial charge in [-0.05, 0) is 44.8 Å². The Hall–Kier alpha value is -2.38. The Bertz CT molecular complexity index is 959. The second-order valence-electron chi connectivity index (χ2n) is 8.68. The van der Waals surface area contributed by atoms with E-state index >= 15 is 0 Å². The van der Waals surface area contributed by atoms with Crippen molar-refractivity contribution in [1.29, 1.82) is 0 Å². The van der Waals surface area contributed by atoms with Gasteiger partial charge in [-0.1, -0.05) is 18.2 Å². The summed E-state index contributed by atoms with van der Waals surface area (Å²) < 4.78 is 11.0. The second kappa shape index (κ2) is 8.04. The lowest BCUT2D eigenvalue weighted by atomic mass is 9.76. The molecule has 1 aromatic heterocycles. The topological polar surface area (TPSA) is 70.7 Å². The number of ether oxygens (including phenoxy) is 2. The fourth-order valence-electron chi connectivity index (χ4n) is 5.26. The van der Waals surface area contributed by atoms with Crippen LogP contribution in [0.3, 0.4) is 0 Å². The fourth-order valence-corrected chi connectivity index (χ4v) is 5.26. The van der Waals surface area contributed by atoms with Gasteiger partial charge in [0.25, 0.3) is 5.56 Å². The number of nitrogens with zero attached hydrogens (tertiary/aromatic N) is 3. The minimum absolute atomic E-state index is 0.0436. The summed E-state index contributed by atoms with van der Waals surface area (Å²) in [6, 6.07) is 8.25. The molecule has 7 heteroatoms. The van der Waals surface area contributed by atoms with Crippen molar-refractivity contribution >= 4 is 5.95 Å². The average molecular weight is 411 g/mol. The molecule has 0 saturated carbocycles. The Labute approximate surface area is 177 Å². The maximum absolute atomic E-state index is 12.8. The zero-order valence-corrected chi connectivity index (χ0v) is 17.7. The first-order valence-electron chi connectivity index (χ1n) is 11.0. The summed E-state index contributed by atoms with van der Waals surface area (Å²) in [5.74, 6) is 1.67. The lowest BCUT2D eigenvalue weighted by Gasteiger charge is -2.39. The van der Waals surface area contributed by atoms with Crippen LogP contribution in [-0.2, 0) is 23.1 Å². The van der Waals surface area contributed by atoms with E-state index in [-0.39, 0.29) is 11.0 Å². The molecular formula is C23H30N4O3. The molecule has 5 rings (SSSR count). The number of para-hydroxylation sites is 1. The molecule has 30 heavy (non-hydrogen) atoms. The lowest BCUT2D eigenvalue weighted by molar-refractivity contribution is 0.122. The van der Waals surface area contributed by atoms with Crippen molar-refractivity contribution in [2.45, 2.75) is 37.6 Å². The molecule has 2 aliphatic heterocycles. The number of morpholine rings is 1. The minimum Gasteiger partial charge on any atom is -0.496 e. The van der Waals surface area contributed by atoms with E-state index in [4.69, 9.17) is 14.5 Å². The van der Waals surface area contributed by atoms with E-state index in [1.54, 1.807) is 7.11 Å². The van der Waals surface area contributed by atoms with Gasteiger partial charge < -0.3 is 14.4 Å². The van der Waals surface area contributed by atoms with Crippen molar-refractivity contribution in [3.05, 3.63) is 51.4 Å². The van der Waals surface area contributed by atoms with Crippen molar-refractivity contribution in [2.24, 2.45) is 0 Å². The highest BCUT2D eigenvalue weighted by molar-refractivity contribution is 5.40. The summed E-state index contributed by atoms with van der Waals surface area (Å²) >= 11 is 0. The number of likely N-dealkylation sites (tertiary alicyclic amines) is 1. The van der Waals surface area contributed by atoms with Gasteiger partial charge in [0.2, 0.25) is 5.95 Å². The molecular weight excluding hydrogens is 380 g/mol. The van der Waals surface area contributed by atoms with Crippen molar-refractivity contribution in [2.75, 3.05) is 51.4 Å². The van der Waals surface area contributed by atoms with E-state index in [9.17, 15) is 4.79 Å². The number of hydrogen-bond acceptors (Lipinski definition) is 6. The van der Waals surface area contributed by atoms with E-state index < -0.39 is 0 Å². The molecule has 0 radical (unpaired) electrons. The van der Waals surface area contributed by atoms with Crippen LogP contribution in [0.2, 0.25) is 0 Å². The van der Waals surface area contributed by atoms with Gasteiger partial charge in [-0.25, -0.2) is 4.98 Å². The zero-order chi connectivity index (χ0) is 20.6. The Kier molecular flexibility index (Phi) is 5.25. The number of fused-ring (bicyclic) bond motifs is 2. The van der Waals surface area contributed by atoms with Gasteiger partial charge in [0.1, 0.15) is 5.75 Å². The van der Waals surface area contributed by atoms with Crippen LogP contribution in [0.5, 0.6) is 5.75 Å². The molecule has 1 aliphatic carbocycles. The molecule has 160 valence electrons. The number of benzene rings is 1. The summed E-state index contributed by atoms with van der Waals surface area (Å²) in [6.45, 7) is 5.85. The number of methoxy groups -OCH3 is 1. The third-order valence-electron chi connectivity index (χ3n) is 7.07. The summed E-state index contributed by atoms with van der Waals surface area (Å²) in [5, 5.41) is 0. The predicted octanol–water partition coefficient (Wildman–Crippen LogP) is 2.10. The zero-order valence-electron chi connectivity index (χ0n) is 17.7. The van der Waals surface area contributed by atoms with Crippen molar-refractivity contribution in [3.8, 4) is 5.75 Å². The number of aromatic amines is 1. The number of hydrogen-bond donors (Lipinski definition) is 1. The number of H-pyrrole nitrogens is 1. The van der Waals surface area contributed by atoms with E-state index in [0.29, 0.717) is 13.2 Å². The molecule has 2 saturated heterocycles. The normalized spacial score (nSPS) is 21.0. The molecule has 3 heterocycles. The van der Waals surface area contributed by atoms with Crippen LogP contribution in [0.25, 0.3) is 0 Å². The second-order valence-corrected chi connectivity index (χ2v) is 8.68. The number of aromatic nitrogens is 2. The van der Waals surface area contributed by atoms with Crippen LogP contribution < -0.4 is 15.2 Å². The summed E-state index contributed by atoms with van der Waals surface area (Å²) in [5.41, 5.74) is 3.29. The monoisotopic (exact) mass is 410 g/mol. The summed E-state index contributed by atoms with van der Waals surface area (Å²) in [7, 11) is 1.73. The molecule has 2 fully saturated rings. The predicted molar refractivity (Wildman–Crippen MR) is 115 cm³/mol. The maximum atomic E-state index is 12.8. The Morgan fingerprint density at radius 1 is 1.13 bits per heavy atom. The quantitative estimate of drug-likeness (QED) is 0.832. The minimum atomic E-state index is 0.0436. The Morgan fingerprint density at radius 2 is 1.90 bits per heavy atom. The molecule has 1 N–H and O–H groups in total. The number of rotatable bonds is 4. The van der Waals surface area contributed by atoms with E-state index in [0.717, 1.165) is 81.4 Å². The van der Waals surface area contributed by atoms with Crippen LogP contribution >= 0.6 is 0 Å². The number of piperidine rings is 1. The fraction of sp³-hybridized carbons (Fsp3) is 0.565. The standard InChI is InChI=1S/C23H30N4O3/c1-29-19-5-3-2-4-17(19)16-26-10-8-23(9-11-26)7-6-18-20(23)24-22(25-21(18)28)27-12-14-30-15-13-27/h2-5H,6-16H2,1H3,(H,24,25,28). The highest BCUT2D eigenvalue weighted by Crippen LogP contribution is 2.45. The van der Waals surface area contributed by atoms with Crippen molar-refractivity contribution in [3.63, 3.8) is 0 Å². The first-order valence-corrected chi connectivity index (χ1v) is 11.0. The van der Waals surface area contributed by atoms with Crippen LogP contribution in [0, 0.1) is 0 Å². The first-order chi connectivity index (χ1) is 14.7. The smallest absolute Gasteiger partial charge is 0.255 e.